The van der Waals surface area contributed by atoms with Gasteiger partial charge in [0, 0.05) is 11.8 Å². The van der Waals surface area contributed by atoms with Crippen LogP contribution in [0.15, 0.2) is 30.5 Å². The van der Waals surface area contributed by atoms with Crippen molar-refractivity contribution in [3.8, 4) is 22.9 Å². The molecule has 2 rings (SSSR count). The van der Waals surface area contributed by atoms with Crippen LogP contribution >= 0.6 is 0 Å². The molecule has 0 spiro atoms. The van der Waals surface area contributed by atoms with Gasteiger partial charge in [0.25, 0.3) is 0 Å². The van der Waals surface area contributed by atoms with Crippen LogP contribution in [0.3, 0.4) is 0 Å². The number of nitrogen functional groups attached to an aromatic ring is 1. The molecule has 0 aliphatic carbocycles. The number of hydrogen-bond donors (Lipinski definition) is 2. The Morgan fingerprint density at radius 2 is 2.06 bits per heavy atom. The number of aromatic nitrogens is 1. The van der Waals surface area contributed by atoms with Gasteiger partial charge in [0.15, 0.2) is 0 Å². The highest BCUT2D eigenvalue weighted by atomic mass is 16.5. The number of nitriles is 1. The van der Waals surface area contributed by atoms with Gasteiger partial charge < -0.3 is 15.5 Å². The van der Waals surface area contributed by atoms with Gasteiger partial charge in [-0.25, -0.2) is 0 Å². The van der Waals surface area contributed by atoms with E-state index in [1.807, 2.05) is 31.2 Å². The van der Waals surface area contributed by atoms with E-state index in [4.69, 9.17) is 15.7 Å². The Kier molecular flexibility index (Phi) is 3.01. The molecule has 0 bridgehead atoms. The van der Waals surface area contributed by atoms with E-state index in [-0.39, 0.29) is 0 Å². The fourth-order valence-electron chi connectivity index (χ4n) is 1.68. The van der Waals surface area contributed by atoms with E-state index >= 15 is 0 Å². The van der Waals surface area contributed by atoms with Crippen molar-refractivity contribution in [2.75, 3.05) is 12.3 Å². The highest BCUT2D eigenvalue weighted by molar-refractivity contribution is 5.76. The zero-order valence-electron chi connectivity index (χ0n) is 9.53. The average Bonchev–Trinajstić information content (AvgIpc) is 2.72. The Morgan fingerprint density at radius 3 is 2.65 bits per heavy atom. The summed E-state index contributed by atoms with van der Waals surface area (Å²) in [6.45, 7) is 2.58. The minimum absolute atomic E-state index is 0.399. The zero-order chi connectivity index (χ0) is 12.3. The summed E-state index contributed by atoms with van der Waals surface area (Å²) < 4.78 is 5.36. The van der Waals surface area contributed by atoms with Crippen molar-refractivity contribution in [2.45, 2.75) is 6.92 Å². The van der Waals surface area contributed by atoms with Gasteiger partial charge >= 0.3 is 0 Å². The lowest BCUT2D eigenvalue weighted by Gasteiger charge is -2.04. The summed E-state index contributed by atoms with van der Waals surface area (Å²) in [5.41, 5.74) is 7.90. The largest absolute Gasteiger partial charge is 0.494 e. The Morgan fingerprint density at radius 1 is 1.35 bits per heavy atom. The van der Waals surface area contributed by atoms with Crippen LogP contribution in [0.1, 0.15) is 12.5 Å². The van der Waals surface area contributed by atoms with E-state index < -0.39 is 0 Å². The topological polar surface area (TPSA) is 74.8 Å². The molecule has 2 aromatic rings. The van der Waals surface area contributed by atoms with Gasteiger partial charge in [-0.05, 0) is 24.6 Å². The molecule has 4 nitrogen and oxygen atoms in total. The van der Waals surface area contributed by atoms with E-state index in [0.29, 0.717) is 18.0 Å². The van der Waals surface area contributed by atoms with E-state index in [0.717, 1.165) is 16.9 Å². The molecule has 1 heterocycles. The van der Waals surface area contributed by atoms with Crippen molar-refractivity contribution in [3.05, 3.63) is 36.0 Å². The lowest BCUT2D eigenvalue weighted by molar-refractivity contribution is 0.340. The molecule has 86 valence electrons. The number of hydrogen-bond acceptors (Lipinski definition) is 3. The number of nitrogens with zero attached hydrogens (tertiary/aromatic N) is 1. The first-order valence-corrected chi connectivity index (χ1v) is 5.36. The van der Waals surface area contributed by atoms with Crippen LogP contribution < -0.4 is 10.5 Å². The SMILES string of the molecule is CCOc1ccc(-c2c[nH]c(N)c2C#N)cc1. The summed E-state index contributed by atoms with van der Waals surface area (Å²) >= 11 is 0. The number of rotatable bonds is 3. The van der Waals surface area contributed by atoms with E-state index in [2.05, 4.69) is 11.1 Å². The number of nitrogens with two attached hydrogens (primary N) is 1. The van der Waals surface area contributed by atoms with Crippen molar-refractivity contribution in [1.82, 2.24) is 4.98 Å². The van der Waals surface area contributed by atoms with Crippen LogP contribution in [0, 0.1) is 11.3 Å². The lowest BCUT2D eigenvalue weighted by atomic mass is 10.0. The number of benzene rings is 1. The number of anilines is 1. The third-order valence-electron chi connectivity index (χ3n) is 2.50. The van der Waals surface area contributed by atoms with Crippen LogP contribution in [-0.4, -0.2) is 11.6 Å². The molecule has 17 heavy (non-hydrogen) atoms. The third kappa shape index (κ3) is 2.08. The number of nitrogens with one attached hydrogen (secondary N) is 1. The molecule has 0 radical (unpaired) electrons. The van der Waals surface area contributed by atoms with Crippen molar-refractivity contribution < 1.29 is 4.74 Å². The van der Waals surface area contributed by atoms with Crippen molar-refractivity contribution in [3.63, 3.8) is 0 Å². The molecule has 0 saturated heterocycles. The molecule has 3 N–H and O–H groups in total. The maximum Gasteiger partial charge on any atom is 0.119 e. The first-order valence-electron chi connectivity index (χ1n) is 5.36. The second-order valence-corrected chi connectivity index (χ2v) is 3.56. The molecule has 0 aliphatic heterocycles. The van der Waals surface area contributed by atoms with Gasteiger partial charge in [-0.1, -0.05) is 12.1 Å². The fraction of sp³-hybridized carbons (Fsp3) is 0.154. The predicted molar refractivity (Wildman–Crippen MR) is 66.5 cm³/mol. The lowest BCUT2D eigenvalue weighted by Crippen LogP contribution is -1.91. The summed E-state index contributed by atoms with van der Waals surface area (Å²) in [6.07, 6.45) is 1.74. The first kappa shape index (κ1) is 11.1. The predicted octanol–water partition coefficient (Wildman–Crippen LogP) is 2.53. The maximum atomic E-state index is 9.01. The molecular formula is C13H13N3O. The maximum absolute atomic E-state index is 9.01. The molecule has 0 amide bonds. The quantitative estimate of drug-likeness (QED) is 0.846. The third-order valence-corrected chi connectivity index (χ3v) is 2.50. The minimum Gasteiger partial charge on any atom is -0.494 e. The standard InChI is InChI=1S/C13H13N3O/c1-2-17-10-5-3-9(4-6-10)12-8-16-13(15)11(12)7-14/h3-6,8,16H,2,15H2,1H3. The van der Waals surface area contributed by atoms with Gasteiger partial charge in [-0.2, -0.15) is 5.26 Å². The van der Waals surface area contributed by atoms with E-state index in [1.54, 1.807) is 6.20 Å². The highest BCUT2D eigenvalue weighted by Crippen LogP contribution is 2.28. The van der Waals surface area contributed by atoms with E-state index in [1.165, 1.54) is 0 Å². The number of ether oxygens (including phenoxy) is 1. The molecule has 1 aromatic carbocycles. The first-order chi connectivity index (χ1) is 8.26. The molecule has 0 unspecified atom stereocenters. The van der Waals surface area contributed by atoms with Crippen LogP contribution in [0.5, 0.6) is 5.75 Å². The molecular weight excluding hydrogens is 214 g/mol. The molecule has 0 saturated carbocycles. The van der Waals surface area contributed by atoms with Gasteiger partial charge in [0.2, 0.25) is 0 Å². The number of aromatic amines is 1. The number of H-pyrrole nitrogens is 1. The van der Waals surface area contributed by atoms with Crippen LogP contribution in [0.2, 0.25) is 0 Å². The fourth-order valence-corrected chi connectivity index (χ4v) is 1.68. The summed E-state index contributed by atoms with van der Waals surface area (Å²) in [4.78, 5) is 2.85. The van der Waals surface area contributed by atoms with Crippen LogP contribution in [0.25, 0.3) is 11.1 Å². The Balaban J connectivity index is 2.37. The van der Waals surface area contributed by atoms with Crippen molar-refractivity contribution in [1.29, 1.82) is 5.26 Å². The Hall–Kier alpha value is -2.41. The smallest absolute Gasteiger partial charge is 0.119 e. The monoisotopic (exact) mass is 227 g/mol. The molecule has 0 aliphatic rings. The summed E-state index contributed by atoms with van der Waals surface area (Å²) in [6, 6.07) is 9.67. The van der Waals surface area contributed by atoms with Crippen molar-refractivity contribution in [2.24, 2.45) is 0 Å². The Labute approximate surface area is 99.6 Å². The second kappa shape index (κ2) is 4.62. The average molecular weight is 227 g/mol. The van der Waals surface area contributed by atoms with Crippen LogP contribution in [0.4, 0.5) is 5.82 Å². The molecule has 1 aromatic heterocycles. The van der Waals surface area contributed by atoms with Crippen molar-refractivity contribution >= 4 is 5.82 Å². The van der Waals surface area contributed by atoms with Gasteiger partial charge in [-0.15, -0.1) is 0 Å². The van der Waals surface area contributed by atoms with Gasteiger partial charge in [0.1, 0.15) is 23.2 Å². The zero-order valence-corrected chi connectivity index (χ0v) is 9.53. The van der Waals surface area contributed by atoms with Crippen LogP contribution in [-0.2, 0) is 0 Å². The Bertz CT molecular complexity index is 549. The molecule has 0 fully saturated rings. The second-order valence-electron chi connectivity index (χ2n) is 3.56. The molecule has 0 atom stereocenters. The summed E-state index contributed by atoms with van der Waals surface area (Å²) in [5.74, 6) is 1.22. The summed E-state index contributed by atoms with van der Waals surface area (Å²) in [7, 11) is 0. The minimum atomic E-state index is 0.399. The summed E-state index contributed by atoms with van der Waals surface area (Å²) in [5, 5.41) is 9.01. The normalized spacial score (nSPS) is 9.88. The highest BCUT2D eigenvalue weighted by Gasteiger charge is 2.10. The molecule has 4 heteroatoms. The van der Waals surface area contributed by atoms with Gasteiger partial charge in [-0.3, -0.25) is 0 Å². The van der Waals surface area contributed by atoms with Gasteiger partial charge in [0.05, 0.1) is 6.61 Å². The van der Waals surface area contributed by atoms with E-state index in [9.17, 15) is 0 Å².